The van der Waals surface area contributed by atoms with E-state index in [0.717, 1.165) is 19.3 Å². The Kier molecular flexibility index (Phi) is 4.02. The summed E-state index contributed by atoms with van der Waals surface area (Å²) in [5.41, 5.74) is 1.38. The second-order valence-corrected chi connectivity index (χ2v) is 2.69. The molecule has 62 valence electrons. The maximum Gasteiger partial charge on any atom is 0.0129 e. The lowest BCUT2D eigenvalue weighted by Gasteiger charge is -1.94. The minimum Gasteiger partial charge on any atom is -0.104 e. The number of hydrogen-bond acceptors (Lipinski definition) is 0. The van der Waals surface area contributed by atoms with E-state index in [-0.39, 0.29) is 0 Å². The molecule has 0 saturated carbocycles. The predicted octanol–water partition coefficient (Wildman–Crippen LogP) is 3.03. The molecule has 1 aromatic rings. The average molecular weight is 158 g/mol. The van der Waals surface area contributed by atoms with Crippen molar-refractivity contribution in [1.29, 1.82) is 0 Å². The minimum absolute atomic E-state index is 0.967. The summed E-state index contributed by atoms with van der Waals surface area (Å²) in [4.78, 5) is 0. The zero-order valence-corrected chi connectivity index (χ0v) is 7.51. The molecule has 0 aromatic heterocycles. The molecule has 0 aliphatic heterocycles. The molecule has 0 N–H and O–H groups in total. The molecule has 0 aliphatic rings. The second kappa shape index (κ2) is 5.43. The van der Waals surface area contributed by atoms with Gasteiger partial charge in [0.05, 0.1) is 0 Å². The molecule has 0 nitrogen and oxygen atoms in total. The zero-order chi connectivity index (χ0) is 8.65. The van der Waals surface area contributed by atoms with Crippen LogP contribution >= 0.6 is 0 Å². The first-order valence-electron chi connectivity index (χ1n) is 4.43. The molecule has 0 atom stereocenters. The van der Waals surface area contributed by atoms with Crippen molar-refractivity contribution in [3.05, 3.63) is 35.9 Å². The van der Waals surface area contributed by atoms with E-state index >= 15 is 0 Å². The summed E-state index contributed by atoms with van der Waals surface area (Å²) in [6.45, 7) is 2.08. The van der Waals surface area contributed by atoms with Gasteiger partial charge in [0, 0.05) is 12.8 Å². The summed E-state index contributed by atoms with van der Waals surface area (Å²) in [5.74, 6) is 6.20. The lowest BCUT2D eigenvalue weighted by Crippen LogP contribution is -1.81. The molecule has 0 heterocycles. The van der Waals surface area contributed by atoms with Crippen LogP contribution in [0.4, 0.5) is 0 Å². The van der Waals surface area contributed by atoms with Crippen molar-refractivity contribution >= 4 is 0 Å². The van der Waals surface area contributed by atoms with Crippen LogP contribution in [0.3, 0.4) is 0 Å². The first kappa shape index (κ1) is 8.87. The Hall–Kier alpha value is -1.22. The summed E-state index contributed by atoms with van der Waals surface area (Å²) in [5, 5.41) is 0. The van der Waals surface area contributed by atoms with Crippen molar-refractivity contribution in [3.8, 4) is 11.8 Å². The van der Waals surface area contributed by atoms with Gasteiger partial charge in [0.25, 0.3) is 0 Å². The van der Waals surface area contributed by atoms with E-state index in [1.54, 1.807) is 0 Å². The minimum atomic E-state index is 0.967. The quantitative estimate of drug-likeness (QED) is 0.580. The maximum atomic E-state index is 3.13. The highest BCUT2D eigenvalue weighted by Gasteiger charge is 1.86. The van der Waals surface area contributed by atoms with E-state index in [2.05, 4.69) is 43.0 Å². The van der Waals surface area contributed by atoms with Crippen molar-refractivity contribution in [2.45, 2.75) is 26.2 Å². The highest BCUT2D eigenvalue weighted by Crippen LogP contribution is 2.00. The lowest BCUT2D eigenvalue weighted by atomic mass is 10.1. The number of hydrogen-bond donors (Lipinski definition) is 0. The van der Waals surface area contributed by atoms with Gasteiger partial charge in [-0.3, -0.25) is 0 Å². The second-order valence-electron chi connectivity index (χ2n) is 2.69. The number of benzene rings is 1. The average Bonchev–Trinajstić information content (AvgIpc) is 2.14. The molecule has 12 heavy (non-hydrogen) atoms. The molecule has 0 amide bonds. The summed E-state index contributed by atoms with van der Waals surface area (Å²) in [6, 6.07) is 10.5. The lowest BCUT2D eigenvalue weighted by molar-refractivity contribution is 1.03. The zero-order valence-electron chi connectivity index (χ0n) is 7.51. The Morgan fingerprint density at radius 1 is 1.08 bits per heavy atom. The van der Waals surface area contributed by atoms with E-state index in [9.17, 15) is 0 Å². The third-order valence-electron chi connectivity index (χ3n) is 1.68. The molecular weight excluding hydrogens is 144 g/mol. The Labute approximate surface area is 74.6 Å². The fourth-order valence-electron chi connectivity index (χ4n) is 1.06. The Bertz CT molecular complexity index is 261. The van der Waals surface area contributed by atoms with Gasteiger partial charge in [-0.1, -0.05) is 37.3 Å². The van der Waals surface area contributed by atoms with Gasteiger partial charge >= 0.3 is 0 Å². The van der Waals surface area contributed by atoms with Crippen LogP contribution in [0.2, 0.25) is 0 Å². The number of rotatable bonds is 2. The van der Waals surface area contributed by atoms with Gasteiger partial charge in [-0.05, 0) is 12.0 Å². The van der Waals surface area contributed by atoms with Crippen molar-refractivity contribution < 1.29 is 0 Å². The maximum absolute atomic E-state index is 3.13. The molecule has 0 bridgehead atoms. The smallest absolute Gasteiger partial charge is 0.0129 e. The van der Waals surface area contributed by atoms with E-state index in [1.165, 1.54) is 5.56 Å². The highest BCUT2D eigenvalue weighted by molar-refractivity contribution is 5.16. The fourth-order valence-corrected chi connectivity index (χ4v) is 1.06. The van der Waals surface area contributed by atoms with E-state index < -0.39 is 0 Å². The van der Waals surface area contributed by atoms with Gasteiger partial charge in [0.15, 0.2) is 0 Å². The topological polar surface area (TPSA) is 0 Å². The first-order chi connectivity index (χ1) is 5.93. The molecule has 1 aromatic carbocycles. The largest absolute Gasteiger partial charge is 0.104 e. The molecule has 0 saturated heterocycles. The van der Waals surface area contributed by atoms with Crippen LogP contribution in [0.5, 0.6) is 0 Å². The molecule has 0 heteroatoms. The summed E-state index contributed by atoms with van der Waals surface area (Å²) >= 11 is 0. The molecule has 0 fully saturated rings. The summed E-state index contributed by atoms with van der Waals surface area (Å²) < 4.78 is 0. The van der Waals surface area contributed by atoms with Crippen LogP contribution in [0.25, 0.3) is 0 Å². The van der Waals surface area contributed by atoms with Gasteiger partial charge in [0.2, 0.25) is 0 Å². The van der Waals surface area contributed by atoms with Crippen LogP contribution in [-0.4, -0.2) is 0 Å². The third-order valence-corrected chi connectivity index (χ3v) is 1.68. The molecule has 0 radical (unpaired) electrons. The predicted molar refractivity (Wildman–Crippen MR) is 52.8 cm³/mol. The normalized spacial score (nSPS) is 8.75. The Balaban J connectivity index is 2.34. The van der Waals surface area contributed by atoms with E-state index in [0.29, 0.717) is 0 Å². The van der Waals surface area contributed by atoms with Crippen LogP contribution in [0.1, 0.15) is 25.3 Å². The molecule has 0 spiro atoms. The molecule has 0 unspecified atom stereocenters. The van der Waals surface area contributed by atoms with E-state index in [4.69, 9.17) is 0 Å². The highest BCUT2D eigenvalue weighted by atomic mass is 13.9. The van der Waals surface area contributed by atoms with Crippen molar-refractivity contribution in [2.24, 2.45) is 0 Å². The molecular formula is C12H14. The van der Waals surface area contributed by atoms with Crippen LogP contribution in [0, 0.1) is 11.8 Å². The SMILES string of the molecule is CCC#CCCc1ccccc1. The summed E-state index contributed by atoms with van der Waals surface area (Å²) in [7, 11) is 0. The van der Waals surface area contributed by atoms with Crippen LogP contribution in [-0.2, 0) is 6.42 Å². The van der Waals surface area contributed by atoms with Crippen LogP contribution in [0.15, 0.2) is 30.3 Å². The summed E-state index contributed by atoms with van der Waals surface area (Å²) in [6.07, 6.45) is 3.03. The monoisotopic (exact) mass is 158 g/mol. The van der Waals surface area contributed by atoms with Crippen molar-refractivity contribution in [3.63, 3.8) is 0 Å². The Morgan fingerprint density at radius 2 is 1.83 bits per heavy atom. The van der Waals surface area contributed by atoms with Gasteiger partial charge in [0.1, 0.15) is 0 Å². The fraction of sp³-hybridized carbons (Fsp3) is 0.333. The van der Waals surface area contributed by atoms with Crippen molar-refractivity contribution in [2.75, 3.05) is 0 Å². The molecule has 1 rings (SSSR count). The standard InChI is InChI=1S/C12H14/c1-2-3-4-6-9-12-10-7-5-8-11-12/h5,7-8,10-11H,2,6,9H2,1H3. The van der Waals surface area contributed by atoms with Crippen LogP contribution < -0.4 is 0 Å². The van der Waals surface area contributed by atoms with Gasteiger partial charge in [-0.25, -0.2) is 0 Å². The van der Waals surface area contributed by atoms with Crippen molar-refractivity contribution in [1.82, 2.24) is 0 Å². The van der Waals surface area contributed by atoms with Gasteiger partial charge < -0.3 is 0 Å². The number of aryl methyl sites for hydroxylation is 1. The Morgan fingerprint density at radius 3 is 2.50 bits per heavy atom. The van der Waals surface area contributed by atoms with Gasteiger partial charge in [-0.15, -0.1) is 11.8 Å². The van der Waals surface area contributed by atoms with E-state index in [1.807, 2.05) is 6.07 Å². The van der Waals surface area contributed by atoms with Gasteiger partial charge in [-0.2, -0.15) is 0 Å². The first-order valence-corrected chi connectivity index (χ1v) is 4.43. The third kappa shape index (κ3) is 3.25. The molecule has 0 aliphatic carbocycles.